The van der Waals surface area contributed by atoms with E-state index in [0.717, 1.165) is 16.8 Å². The molecule has 84 valence electrons. The summed E-state index contributed by atoms with van der Waals surface area (Å²) in [5.41, 5.74) is 2.77. The van der Waals surface area contributed by atoms with Gasteiger partial charge in [0, 0.05) is 25.9 Å². The van der Waals surface area contributed by atoms with Crippen molar-refractivity contribution in [3.05, 3.63) is 47.5 Å². The zero-order chi connectivity index (χ0) is 11.5. The van der Waals surface area contributed by atoms with Gasteiger partial charge >= 0.3 is 0 Å². The average molecular weight is 217 g/mol. The number of aliphatic hydroxyl groups is 1. The van der Waals surface area contributed by atoms with Crippen LogP contribution >= 0.6 is 0 Å². The first-order valence-corrected chi connectivity index (χ1v) is 5.24. The number of hydrogen-bond acceptors (Lipinski definition) is 3. The Hall–Kier alpha value is -1.68. The number of hydrogen-bond donors (Lipinski definition) is 1. The molecule has 0 fully saturated rings. The van der Waals surface area contributed by atoms with E-state index in [-0.39, 0.29) is 0 Å². The fourth-order valence-electron chi connectivity index (χ4n) is 1.74. The molecule has 16 heavy (non-hydrogen) atoms. The summed E-state index contributed by atoms with van der Waals surface area (Å²) in [7, 11) is 1.86. The minimum atomic E-state index is -0.564. The second-order valence-electron chi connectivity index (χ2n) is 3.95. The number of aryl methyl sites for hydroxylation is 2. The van der Waals surface area contributed by atoms with Crippen molar-refractivity contribution in [2.24, 2.45) is 7.05 Å². The molecule has 0 aliphatic rings. The molecule has 2 heterocycles. The highest BCUT2D eigenvalue weighted by Gasteiger charge is 2.12. The first kappa shape index (κ1) is 10.8. The van der Waals surface area contributed by atoms with E-state index < -0.39 is 6.10 Å². The van der Waals surface area contributed by atoms with Gasteiger partial charge in [0.1, 0.15) is 6.10 Å². The van der Waals surface area contributed by atoms with Crippen molar-refractivity contribution in [1.29, 1.82) is 0 Å². The second-order valence-corrected chi connectivity index (χ2v) is 3.95. The molecular weight excluding hydrogens is 202 g/mol. The molecule has 0 aliphatic heterocycles. The molecule has 0 radical (unpaired) electrons. The Morgan fingerprint density at radius 1 is 1.50 bits per heavy atom. The van der Waals surface area contributed by atoms with Crippen LogP contribution in [0.3, 0.4) is 0 Å². The van der Waals surface area contributed by atoms with Crippen molar-refractivity contribution in [2.75, 3.05) is 0 Å². The van der Waals surface area contributed by atoms with Crippen LogP contribution in [0.1, 0.15) is 22.9 Å². The van der Waals surface area contributed by atoms with E-state index in [1.165, 1.54) is 0 Å². The minimum Gasteiger partial charge on any atom is -0.386 e. The van der Waals surface area contributed by atoms with E-state index in [0.29, 0.717) is 6.42 Å². The lowest BCUT2D eigenvalue weighted by molar-refractivity contribution is 0.173. The van der Waals surface area contributed by atoms with Crippen LogP contribution in [-0.2, 0) is 13.5 Å². The van der Waals surface area contributed by atoms with Gasteiger partial charge in [-0.1, -0.05) is 6.07 Å². The van der Waals surface area contributed by atoms with E-state index in [2.05, 4.69) is 10.1 Å². The zero-order valence-electron chi connectivity index (χ0n) is 9.46. The van der Waals surface area contributed by atoms with Crippen molar-refractivity contribution in [3.63, 3.8) is 0 Å². The van der Waals surface area contributed by atoms with Gasteiger partial charge in [0.05, 0.1) is 11.9 Å². The third-order valence-electron chi connectivity index (χ3n) is 2.55. The standard InChI is InChI=1S/C12H15N3O/c1-9-4-3-5-13-12(9)11(16)6-10-7-14-15(2)8-10/h3-5,7-8,11,16H,6H2,1-2H3. The SMILES string of the molecule is Cc1cccnc1C(O)Cc1cnn(C)c1. The predicted octanol–water partition coefficient (Wildman–Crippen LogP) is 1.40. The molecule has 1 N–H and O–H groups in total. The van der Waals surface area contributed by atoms with Crippen LogP contribution in [0, 0.1) is 6.92 Å². The lowest BCUT2D eigenvalue weighted by atomic mass is 10.1. The van der Waals surface area contributed by atoms with E-state index in [9.17, 15) is 5.11 Å². The third-order valence-corrected chi connectivity index (χ3v) is 2.55. The summed E-state index contributed by atoms with van der Waals surface area (Å²) in [5, 5.41) is 14.1. The van der Waals surface area contributed by atoms with Crippen LogP contribution in [0.25, 0.3) is 0 Å². The molecular formula is C12H15N3O. The summed E-state index contributed by atoms with van der Waals surface area (Å²) >= 11 is 0. The van der Waals surface area contributed by atoms with Gasteiger partial charge in [-0.15, -0.1) is 0 Å². The summed E-state index contributed by atoms with van der Waals surface area (Å²) in [6, 6.07) is 3.82. The highest BCUT2D eigenvalue weighted by molar-refractivity contribution is 5.21. The Morgan fingerprint density at radius 3 is 2.94 bits per heavy atom. The molecule has 0 saturated carbocycles. The van der Waals surface area contributed by atoms with Crippen molar-refractivity contribution in [3.8, 4) is 0 Å². The van der Waals surface area contributed by atoms with E-state index in [4.69, 9.17) is 0 Å². The molecule has 1 atom stereocenters. The summed E-state index contributed by atoms with van der Waals surface area (Å²) < 4.78 is 1.73. The van der Waals surface area contributed by atoms with Crippen LogP contribution in [0.4, 0.5) is 0 Å². The van der Waals surface area contributed by atoms with Crippen LogP contribution in [-0.4, -0.2) is 19.9 Å². The quantitative estimate of drug-likeness (QED) is 0.845. The first-order chi connectivity index (χ1) is 7.66. The number of rotatable bonds is 3. The number of pyridine rings is 1. The molecule has 0 spiro atoms. The molecule has 0 aromatic carbocycles. The van der Waals surface area contributed by atoms with Gasteiger partial charge in [0.2, 0.25) is 0 Å². The predicted molar refractivity (Wildman–Crippen MR) is 60.8 cm³/mol. The number of aliphatic hydroxyl groups excluding tert-OH is 1. The zero-order valence-corrected chi connectivity index (χ0v) is 9.46. The molecule has 0 saturated heterocycles. The topological polar surface area (TPSA) is 50.9 Å². The fraction of sp³-hybridized carbons (Fsp3) is 0.333. The normalized spacial score (nSPS) is 12.7. The van der Waals surface area contributed by atoms with Gasteiger partial charge in [-0.2, -0.15) is 5.10 Å². The molecule has 2 aromatic rings. The average Bonchev–Trinajstić information content (AvgIpc) is 2.64. The van der Waals surface area contributed by atoms with Crippen molar-refractivity contribution in [1.82, 2.24) is 14.8 Å². The van der Waals surface area contributed by atoms with Gasteiger partial charge in [-0.05, 0) is 24.1 Å². The van der Waals surface area contributed by atoms with Gasteiger partial charge in [-0.25, -0.2) is 0 Å². The smallest absolute Gasteiger partial charge is 0.100 e. The monoisotopic (exact) mass is 217 g/mol. The molecule has 2 aromatic heterocycles. The fourth-order valence-corrected chi connectivity index (χ4v) is 1.74. The number of aromatic nitrogens is 3. The molecule has 0 amide bonds. The highest BCUT2D eigenvalue weighted by Crippen LogP contribution is 2.18. The van der Waals surface area contributed by atoms with Crippen LogP contribution in [0.5, 0.6) is 0 Å². The summed E-state index contributed by atoms with van der Waals surface area (Å²) in [6.07, 6.45) is 5.36. The van der Waals surface area contributed by atoms with E-state index in [1.807, 2.05) is 32.3 Å². The van der Waals surface area contributed by atoms with Crippen molar-refractivity contribution in [2.45, 2.75) is 19.4 Å². The summed E-state index contributed by atoms with van der Waals surface area (Å²) in [5.74, 6) is 0. The Labute approximate surface area is 94.6 Å². The Kier molecular flexibility index (Phi) is 3.01. The van der Waals surface area contributed by atoms with Crippen LogP contribution < -0.4 is 0 Å². The van der Waals surface area contributed by atoms with Gasteiger partial charge < -0.3 is 5.11 Å². The highest BCUT2D eigenvalue weighted by atomic mass is 16.3. The molecule has 0 aliphatic carbocycles. The number of nitrogens with zero attached hydrogens (tertiary/aromatic N) is 3. The maximum Gasteiger partial charge on any atom is 0.100 e. The van der Waals surface area contributed by atoms with Gasteiger partial charge in [0.15, 0.2) is 0 Å². The minimum absolute atomic E-state index is 0.547. The van der Waals surface area contributed by atoms with Gasteiger partial charge in [0.25, 0.3) is 0 Å². The van der Waals surface area contributed by atoms with Crippen molar-refractivity contribution >= 4 is 0 Å². The third kappa shape index (κ3) is 2.28. The van der Waals surface area contributed by atoms with E-state index >= 15 is 0 Å². The summed E-state index contributed by atoms with van der Waals surface area (Å²) in [6.45, 7) is 1.95. The lowest BCUT2D eigenvalue weighted by Gasteiger charge is -2.10. The Morgan fingerprint density at radius 2 is 2.31 bits per heavy atom. The summed E-state index contributed by atoms with van der Waals surface area (Å²) in [4.78, 5) is 4.20. The molecule has 4 heteroatoms. The maximum absolute atomic E-state index is 10.1. The molecule has 4 nitrogen and oxygen atoms in total. The molecule has 2 rings (SSSR count). The second kappa shape index (κ2) is 4.45. The first-order valence-electron chi connectivity index (χ1n) is 5.24. The van der Waals surface area contributed by atoms with E-state index in [1.54, 1.807) is 17.1 Å². The molecule has 0 bridgehead atoms. The van der Waals surface area contributed by atoms with Crippen molar-refractivity contribution < 1.29 is 5.11 Å². The molecule has 1 unspecified atom stereocenters. The largest absolute Gasteiger partial charge is 0.386 e. The Balaban J connectivity index is 2.14. The van der Waals surface area contributed by atoms with Gasteiger partial charge in [-0.3, -0.25) is 9.67 Å². The Bertz CT molecular complexity index is 479. The lowest BCUT2D eigenvalue weighted by Crippen LogP contribution is -2.05. The van der Waals surface area contributed by atoms with Crippen LogP contribution in [0.2, 0.25) is 0 Å². The maximum atomic E-state index is 10.1. The van der Waals surface area contributed by atoms with Crippen LogP contribution in [0.15, 0.2) is 30.7 Å².